The van der Waals surface area contributed by atoms with Crippen molar-refractivity contribution in [3.63, 3.8) is 0 Å². The van der Waals surface area contributed by atoms with Crippen LogP contribution < -0.4 is 5.43 Å². The van der Waals surface area contributed by atoms with Crippen molar-refractivity contribution in [2.75, 3.05) is 5.43 Å². The SMILES string of the molecule is C/C(=N/Nc1nc(Cl)c(Cl)cc1Cl)c1cc2ccccc2o1. The molecule has 2 heterocycles. The van der Waals surface area contributed by atoms with E-state index in [1.54, 1.807) is 0 Å². The van der Waals surface area contributed by atoms with Crippen LogP contribution in [0.1, 0.15) is 12.7 Å². The maximum absolute atomic E-state index is 6.03. The number of benzene rings is 1. The molecule has 3 aromatic rings. The lowest BCUT2D eigenvalue weighted by Crippen LogP contribution is -2.00. The Kier molecular flexibility index (Phi) is 4.25. The normalized spacial score (nSPS) is 11.9. The van der Waals surface area contributed by atoms with Gasteiger partial charge in [-0.3, -0.25) is 5.43 Å². The Bertz CT molecular complexity index is 841. The minimum absolute atomic E-state index is 0.158. The maximum atomic E-state index is 6.03. The Morgan fingerprint density at radius 1 is 1.14 bits per heavy atom. The number of aromatic nitrogens is 1. The summed E-state index contributed by atoms with van der Waals surface area (Å²) in [5.74, 6) is 0.983. The summed E-state index contributed by atoms with van der Waals surface area (Å²) in [5, 5.41) is 6.00. The van der Waals surface area contributed by atoms with Crippen molar-refractivity contribution in [3.8, 4) is 0 Å². The van der Waals surface area contributed by atoms with Crippen molar-refractivity contribution in [2.45, 2.75) is 6.92 Å². The number of nitrogens with one attached hydrogen (secondary N) is 1. The van der Waals surface area contributed by atoms with Crippen LogP contribution in [0, 0.1) is 0 Å². The van der Waals surface area contributed by atoms with Crippen molar-refractivity contribution in [3.05, 3.63) is 57.4 Å². The van der Waals surface area contributed by atoms with Crippen LogP contribution >= 0.6 is 34.8 Å². The van der Waals surface area contributed by atoms with Gasteiger partial charge in [0.25, 0.3) is 0 Å². The predicted molar refractivity (Wildman–Crippen MR) is 91.3 cm³/mol. The van der Waals surface area contributed by atoms with E-state index < -0.39 is 0 Å². The number of rotatable bonds is 3. The van der Waals surface area contributed by atoms with Crippen LogP contribution in [0.5, 0.6) is 0 Å². The number of hydrazone groups is 1. The molecular weight excluding hydrogens is 345 g/mol. The van der Waals surface area contributed by atoms with E-state index in [0.717, 1.165) is 11.0 Å². The number of hydrogen-bond donors (Lipinski definition) is 1. The molecular formula is C15H10Cl3N3O. The Morgan fingerprint density at radius 3 is 2.68 bits per heavy atom. The number of nitrogens with zero attached hydrogens (tertiary/aromatic N) is 2. The van der Waals surface area contributed by atoms with E-state index in [9.17, 15) is 0 Å². The van der Waals surface area contributed by atoms with E-state index in [1.807, 2.05) is 37.3 Å². The average Bonchev–Trinajstić information content (AvgIpc) is 2.93. The quantitative estimate of drug-likeness (QED) is 0.377. The lowest BCUT2D eigenvalue weighted by molar-refractivity contribution is 0.604. The minimum Gasteiger partial charge on any atom is -0.455 e. The molecule has 0 aliphatic heterocycles. The fourth-order valence-electron chi connectivity index (χ4n) is 1.87. The molecule has 0 atom stereocenters. The van der Waals surface area contributed by atoms with E-state index in [0.29, 0.717) is 22.3 Å². The van der Waals surface area contributed by atoms with Gasteiger partial charge in [0.2, 0.25) is 0 Å². The minimum atomic E-state index is 0.158. The molecule has 22 heavy (non-hydrogen) atoms. The van der Waals surface area contributed by atoms with E-state index in [1.165, 1.54) is 6.07 Å². The fourth-order valence-corrected chi connectivity index (χ4v) is 2.41. The molecule has 2 aromatic heterocycles. The second-order valence-corrected chi connectivity index (χ2v) is 5.72. The van der Waals surface area contributed by atoms with E-state index in [4.69, 9.17) is 39.2 Å². The largest absolute Gasteiger partial charge is 0.455 e. The summed E-state index contributed by atoms with van der Waals surface area (Å²) in [6.07, 6.45) is 0. The molecule has 4 nitrogen and oxygen atoms in total. The lowest BCUT2D eigenvalue weighted by Gasteiger charge is -2.05. The average molecular weight is 355 g/mol. The molecule has 0 spiro atoms. The second-order valence-electron chi connectivity index (χ2n) is 4.55. The van der Waals surface area contributed by atoms with Crippen LogP contribution in [0.25, 0.3) is 11.0 Å². The Hall–Kier alpha value is -1.75. The number of pyridine rings is 1. The molecule has 112 valence electrons. The van der Waals surface area contributed by atoms with Gasteiger partial charge in [-0.15, -0.1) is 0 Å². The zero-order valence-corrected chi connectivity index (χ0v) is 13.7. The Balaban J connectivity index is 1.87. The van der Waals surface area contributed by atoms with Gasteiger partial charge in [-0.2, -0.15) is 5.10 Å². The van der Waals surface area contributed by atoms with Crippen LogP contribution in [0.4, 0.5) is 5.82 Å². The molecule has 0 saturated carbocycles. The molecule has 0 aliphatic rings. The van der Waals surface area contributed by atoms with Gasteiger partial charge >= 0.3 is 0 Å². The van der Waals surface area contributed by atoms with Gasteiger partial charge in [0.1, 0.15) is 16.4 Å². The van der Waals surface area contributed by atoms with Gasteiger partial charge in [0.05, 0.1) is 10.0 Å². The van der Waals surface area contributed by atoms with Crippen molar-refractivity contribution < 1.29 is 4.42 Å². The van der Waals surface area contributed by atoms with Crippen molar-refractivity contribution >= 4 is 57.3 Å². The van der Waals surface area contributed by atoms with Crippen molar-refractivity contribution in [2.24, 2.45) is 5.10 Å². The Labute approximate surface area is 141 Å². The number of furan rings is 1. The molecule has 3 rings (SSSR count). The molecule has 0 bridgehead atoms. The van der Waals surface area contributed by atoms with E-state index in [2.05, 4.69) is 15.5 Å². The van der Waals surface area contributed by atoms with Crippen LogP contribution in [-0.4, -0.2) is 10.7 Å². The molecule has 1 N–H and O–H groups in total. The van der Waals surface area contributed by atoms with Crippen LogP contribution in [0.2, 0.25) is 15.2 Å². The summed E-state index contributed by atoms with van der Waals surface area (Å²) in [4.78, 5) is 4.03. The van der Waals surface area contributed by atoms with Gasteiger partial charge in [0, 0.05) is 5.39 Å². The van der Waals surface area contributed by atoms with Gasteiger partial charge in [-0.1, -0.05) is 53.0 Å². The number of fused-ring (bicyclic) bond motifs is 1. The highest BCUT2D eigenvalue weighted by Crippen LogP contribution is 2.29. The first-order valence-corrected chi connectivity index (χ1v) is 7.49. The van der Waals surface area contributed by atoms with Crippen molar-refractivity contribution in [1.29, 1.82) is 0 Å². The highest BCUT2D eigenvalue weighted by atomic mass is 35.5. The zero-order chi connectivity index (χ0) is 15.7. The first-order valence-electron chi connectivity index (χ1n) is 6.35. The third-order valence-electron chi connectivity index (χ3n) is 3.00. The molecule has 0 unspecified atom stereocenters. The standard InChI is InChI=1S/C15H10Cl3N3O/c1-8(13-6-9-4-2-3-5-12(9)22-13)20-21-15-11(17)7-10(16)14(18)19-15/h2-7H,1H3,(H,19,21)/b20-8-. The Morgan fingerprint density at radius 2 is 1.91 bits per heavy atom. The topological polar surface area (TPSA) is 50.4 Å². The first kappa shape index (κ1) is 15.2. The van der Waals surface area contributed by atoms with Gasteiger partial charge in [-0.25, -0.2) is 4.98 Å². The summed E-state index contributed by atoms with van der Waals surface area (Å²) in [7, 11) is 0. The maximum Gasteiger partial charge on any atom is 0.166 e. The van der Waals surface area contributed by atoms with E-state index >= 15 is 0 Å². The molecule has 1 aromatic carbocycles. The van der Waals surface area contributed by atoms with Gasteiger partial charge in [-0.05, 0) is 25.1 Å². The van der Waals surface area contributed by atoms with Crippen LogP contribution in [0.3, 0.4) is 0 Å². The summed E-state index contributed by atoms with van der Waals surface area (Å²) in [5.41, 5.74) is 4.22. The number of anilines is 1. The molecule has 0 amide bonds. The van der Waals surface area contributed by atoms with Gasteiger partial charge in [0.15, 0.2) is 11.6 Å². The van der Waals surface area contributed by atoms with Crippen molar-refractivity contribution in [1.82, 2.24) is 4.98 Å². The van der Waals surface area contributed by atoms with E-state index in [-0.39, 0.29) is 10.2 Å². The molecule has 7 heteroatoms. The number of para-hydroxylation sites is 1. The second kappa shape index (κ2) is 6.16. The highest BCUT2D eigenvalue weighted by molar-refractivity contribution is 6.42. The third-order valence-corrected chi connectivity index (χ3v) is 3.96. The molecule has 0 saturated heterocycles. The molecule has 0 fully saturated rings. The lowest BCUT2D eigenvalue weighted by atomic mass is 10.2. The fraction of sp³-hybridized carbons (Fsp3) is 0.0667. The summed E-state index contributed by atoms with van der Waals surface area (Å²) >= 11 is 17.7. The predicted octanol–water partition coefficient (Wildman–Crippen LogP) is 5.62. The third kappa shape index (κ3) is 3.04. The number of hydrogen-bond acceptors (Lipinski definition) is 4. The van der Waals surface area contributed by atoms with Crippen LogP contribution in [0.15, 0.2) is 45.9 Å². The summed E-state index contributed by atoms with van der Waals surface area (Å²) < 4.78 is 5.72. The molecule has 0 radical (unpaired) electrons. The monoisotopic (exact) mass is 353 g/mol. The molecule has 0 aliphatic carbocycles. The highest BCUT2D eigenvalue weighted by Gasteiger charge is 2.09. The summed E-state index contributed by atoms with van der Waals surface area (Å²) in [6, 6.07) is 11.2. The van der Waals surface area contributed by atoms with Gasteiger partial charge < -0.3 is 4.42 Å². The zero-order valence-electron chi connectivity index (χ0n) is 11.4. The summed E-state index contributed by atoms with van der Waals surface area (Å²) in [6.45, 7) is 1.82. The van der Waals surface area contributed by atoms with Crippen LogP contribution in [-0.2, 0) is 0 Å². The number of halogens is 3. The first-order chi connectivity index (χ1) is 10.5. The smallest absolute Gasteiger partial charge is 0.166 e.